The van der Waals surface area contributed by atoms with Gasteiger partial charge in [0.05, 0.1) is 12.4 Å². The van der Waals surface area contributed by atoms with Gasteiger partial charge >= 0.3 is 6.61 Å². The molecule has 3 atom stereocenters. The van der Waals surface area contributed by atoms with E-state index in [-0.39, 0.29) is 22.8 Å². The molecule has 0 unspecified atom stereocenters. The lowest BCUT2D eigenvalue weighted by Crippen LogP contribution is -2.44. The van der Waals surface area contributed by atoms with Crippen LogP contribution in [0.4, 0.5) is 17.6 Å². The smallest absolute Gasteiger partial charge is 0.388 e. The van der Waals surface area contributed by atoms with Crippen molar-refractivity contribution in [1.29, 1.82) is 0 Å². The first kappa shape index (κ1) is 22.0. The molecule has 0 radical (unpaired) electrons. The van der Waals surface area contributed by atoms with Crippen molar-refractivity contribution < 1.29 is 27.1 Å². The Balaban J connectivity index is 1.85. The van der Waals surface area contributed by atoms with Crippen LogP contribution in [-0.4, -0.2) is 39.0 Å². The maximum atomic E-state index is 15.0. The fourth-order valence-electron chi connectivity index (χ4n) is 3.19. The molecule has 30 heavy (non-hydrogen) atoms. The largest absolute Gasteiger partial charge is 0.415 e. The molecule has 2 heterocycles. The Labute approximate surface area is 174 Å². The maximum absolute atomic E-state index is 15.0. The minimum Gasteiger partial charge on any atom is -0.415 e. The molecule has 6 nitrogen and oxygen atoms in total. The zero-order chi connectivity index (χ0) is 22.1. The number of hydrogen-bond acceptors (Lipinski definition) is 7. The summed E-state index contributed by atoms with van der Waals surface area (Å²) < 4.78 is 57.9. The highest BCUT2D eigenvalue weighted by atomic mass is 32.2. The number of ketones is 1. The van der Waals surface area contributed by atoms with Crippen molar-refractivity contribution in [3.63, 3.8) is 0 Å². The Morgan fingerprint density at radius 1 is 1.33 bits per heavy atom. The predicted molar refractivity (Wildman–Crippen MR) is 104 cm³/mol. The van der Waals surface area contributed by atoms with Crippen LogP contribution in [-0.2, 0) is 12.0 Å². The number of hydrogen-bond donors (Lipinski definition) is 1. The van der Waals surface area contributed by atoms with Crippen LogP contribution in [0.15, 0.2) is 35.6 Å². The number of halogens is 4. The standard InChI is InChI=1S/C19H18F4N4O2S/c1-9-16(21)19(2,27-18(24)30-9)11-5-10(3-4-12(11)20)6-14(28)13-7-26-15(8-25-13)29-17(22)23/h3-5,7-9,16-17H,6H2,1-2H3,(H2,24,27)/t9-,16+,19-/m1/s1. The van der Waals surface area contributed by atoms with Gasteiger partial charge < -0.3 is 10.5 Å². The van der Waals surface area contributed by atoms with Crippen molar-refractivity contribution in [3.8, 4) is 5.88 Å². The third-order valence-electron chi connectivity index (χ3n) is 4.66. The summed E-state index contributed by atoms with van der Waals surface area (Å²) in [7, 11) is 0. The second kappa shape index (κ2) is 8.58. The van der Waals surface area contributed by atoms with Crippen molar-refractivity contribution in [2.45, 2.75) is 43.8 Å². The maximum Gasteiger partial charge on any atom is 0.388 e. The van der Waals surface area contributed by atoms with E-state index in [0.29, 0.717) is 5.56 Å². The zero-order valence-corrected chi connectivity index (χ0v) is 16.8. The minimum atomic E-state index is -3.06. The number of rotatable bonds is 6. The van der Waals surface area contributed by atoms with Gasteiger partial charge in [0.25, 0.3) is 0 Å². The quantitative estimate of drug-likeness (QED) is 0.543. The second-order valence-corrected chi connectivity index (χ2v) is 8.25. The second-order valence-electron chi connectivity index (χ2n) is 6.85. The number of aromatic nitrogens is 2. The number of amidine groups is 1. The van der Waals surface area contributed by atoms with Crippen molar-refractivity contribution in [1.82, 2.24) is 9.97 Å². The molecule has 1 aliphatic heterocycles. The molecule has 0 saturated heterocycles. The molecule has 0 fully saturated rings. The Hall–Kier alpha value is -2.69. The van der Waals surface area contributed by atoms with E-state index < -0.39 is 41.1 Å². The summed E-state index contributed by atoms with van der Waals surface area (Å²) in [6.07, 6.45) is 0.230. The van der Waals surface area contributed by atoms with E-state index in [0.717, 1.165) is 30.2 Å². The molecule has 0 spiro atoms. The van der Waals surface area contributed by atoms with Crippen LogP contribution in [0.3, 0.4) is 0 Å². The van der Waals surface area contributed by atoms with E-state index >= 15 is 0 Å². The summed E-state index contributed by atoms with van der Waals surface area (Å²) in [5.41, 5.74) is 4.56. The number of ether oxygens (including phenoxy) is 1. The van der Waals surface area contributed by atoms with Gasteiger partial charge in [-0.25, -0.2) is 23.7 Å². The normalized spacial score (nSPS) is 23.9. The summed E-state index contributed by atoms with van der Waals surface area (Å²) in [6, 6.07) is 3.91. The van der Waals surface area contributed by atoms with E-state index in [1.54, 1.807) is 6.92 Å². The molecule has 0 saturated carbocycles. The average molecular weight is 442 g/mol. The highest BCUT2D eigenvalue weighted by Crippen LogP contribution is 2.42. The SMILES string of the molecule is C[C@H]1SC(N)=N[C@](C)(c2cc(CC(=O)c3cnc(OC(F)F)cn3)ccc2F)[C@H]1F. The lowest BCUT2D eigenvalue weighted by molar-refractivity contribution is -0.0531. The van der Waals surface area contributed by atoms with Gasteiger partial charge in [0.1, 0.15) is 23.2 Å². The molecule has 2 aromatic rings. The fraction of sp³-hybridized carbons (Fsp3) is 0.368. The first-order chi connectivity index (χ1) is 14.1. The van der Waals surface area contributed by atoms with Crippen LogP contribution in [0, 0.1) is 5.82 Å². The van der Waals surface area contributed by atoms with E-state index in [2.05, 4.69) is 19.7 Å². The lowest BCUT2D eigenvalue weighted by Gasteiger charge is -2.37. The number of benzene rings is 1. The molecule has 11 heteroatoms. The van der Waals surface area contributed by atoms with Gasteiger partial charge in [0.15, 0.2) is 11.0 Å². The van der Waals surface area contributed by atoms with Crippen molar-refractivity contribution in [2.75, 3.05) is 0 Å². The molecule has 1 aliphatic rings. The molecule has 3 rings (SSSR count). The topological polar surface area (TPSA) is 90.5 Å². The van der Waals surface area contributed by atoms with Crippen LogP contribution in [0.25, 0.3) is 0 Å². The Morgan fingerprint density at radius 2 is 2.07 bits per heavy atom. The van der Waals surface area contributed by atoms with Gasteiger partial charge in [-0.05, 0) is 31.5 Å². The summed E-state index contributed by atoms with van der Waals surface area (Å²) in [5, 5.41) is -0.373. The first-order valence-electron chi connectivity index (χ1n) is 8.85. The number of carbonyl (C=O) groups excluding carboxylic acids is 1. The van der Waals surface area contributed by atoms with Gasteiger partial charge in [0, 0.05) is 17.2 Å². The molecular formula is C19H18F4N4O2S. The molecule has 160 valence electrons. The van der Waals surface area contributed by atoms with Crippen LogP contribution in [0.1, 0.15) is 35.5 Å². The lowest BCUT2D eigenvalue weighted by atomic mass is 9.84. The van der Waals surface area contributed by atoms with E-state index in [9.17, 15) is 22.4 Å². The van der Waals surface area contributed by atoms with Crippen molar-refractivity contribution >= 4 is 22.7 Å². The zero-order valence-electron chi connectivity index (χ0n) is 16.0. The third kappa shape index (κ3) is 4.55. The van der Waals surface area contributed by atoms with Crippen LogP contribution < -0.4 is 10.5 Å². The highest BCUT2D eigenvalue weighted by Gasteiger charge is 2.45. The molecule has 0 bridgehead atoms. The van der Waals surface area contributed by atoms with Gasteiger partial charge in [-0.2, -0.15) is 8.78 Å². The Bertz CT molecular complexity index is 974. The molecule has 1 aromatic carbocycles. The number of thioether (sulfide) groups is 1. The monoisotopic (exact) mass is 442 g/mol. The number of nitrogens with two attached hydrogens (primary N) is 1. The predicted octanol–water partition coefficient (Wildman–Crippen LogP) is 3.65. The van der Waals surface area contributed by atoms with Gasteiger partial charge in [-0.1, -0.05) is 17.8 Å². The Kier molecular flexibility index (Phi) is 6.30. The number of alkyl halides is 3. The number of Topliss-reactive ketones (excluding diaryl/α,β-unsaturated/α-hetero) is 1. The molecular weight excluding hydrogens is 424 g/mol. The first-order valence-corrected chi connectivity index (χ1v) is 9.73. The highest BCUT2D eigenvalue weighted by molar-refractivity contribution is 8.14. The third-order valence-corrected chi connectivity index (χ3v) is 5.61. The molecule has 0 aliphatic carbocycles. The van der Waals surface area contributed by atoms with Gasteiger partial charge in [0.2, 0.25) is 5.88 Å². The van der Waals surface area contributed by atoms with E-state index in [1.165, 1.54) is 19.1 Å². The van der Waals surface area contributed by atoms with Gasteiger partial charge in [-0.3, -0.25) is 4.79 Å². The van der Waals surface area contributed by atoms with Crippen molar-refractivity contribution in [3.05, 3.63) is 53.2 Å². The summed E-state index contributed by atoms with van der Waals surface area (Å²) in [5.74, 6) is -1.58. The fourth-order valence-corrected chi connectivity index (χ4v) is 4.20. The van der Waals surface area contributed by atoms with Crippen LogP contribution in [0.5, 0.6) is 5.88 Å². The Morgan fingerprint density at radius 3 is 2.70 bits per heavy atom. The van der Waals surface area contributed by atoms with Crippen LogP contribution in [0.2, 0.25) is 0 Å². The van der Waals surface area contributed by atoms with E-state index in [4.69, 9.17) is 5.73 Å². The van der Waals surface area contributed by atoms with Crippen molar-refractivity contribution in [2.24, 2.45) is 10.7 Å². The summed E-state index contributed by atoms with van der Waals surface area (Å²) >= 11 is 1.07. The number of nitrogens with zero attached hydrogens (tertiary/aromatic N) is 3. The number of aliphatic imine (C=N–C) groups is 1. The van der Waals surface area contributed by atoms with Crippen LogP contribution >= 0.6 is 11.8 Å². The molecule has 2 N–H and O–H groups in total. The minimum absolute atomic E-state index is 0.0119. The average Bonchev–Trinajstić information content (AvgIpc) is 2.67. The summed E-state index contributed by atoms with van der Waals surface area (Å²) in [4.78, 5) is 24.0. The summed E-state index contributed by atoms with van der Waals surface area (Å²) in [6.45, 7) is 0.0372. The van der Waals surface area contributed by atoms with E-state index in [1.807, 2.05) is 0 Å². The number of carbonyl (C=O) groups is 1. The van der Waals surface area contributed by atoms with Gasteiger partial charge in [-0.15, -0.1) is 0 Å². The molecule has 1 aromatic heterocycles. The molecule has 0 amide bonds.